The van der Waals surface area contributed by atoms with Gasteiger partial charge in [0.25, 0.3) is 5.91 Å². The molecule has 0 heterocycles. The number of carboxylic acid groups (broad SMARTS) is 1. The summed E-state index contributed by atoms with van der Waals surface area (Å²) in [5, 5.41) is 16.0. The van der Waals surface area contributed by atoms with Crippen LogP contribution in [0.2, 0.25) is 0 Å². The molecule has 144 valence electrons. The Morgan fingerprint density at radius 3 is 2.00 bits per heavy atom. The zero-order valence-corrected chi connectivity index (χ0v) is 15.4. The van der Waals surface area contributed by atoms with E-state index >= 15 is 0 Å². The van der Waals surface area contributed by atoms with Crippen LogP contribution in [0.4, 0.5) is 4.39 Å². The van der Waals surface area contributed by atoms with Crippen LogP contribution in [0.1, 0.15) is 15.9 Å². The van der Waals surface area contributed by atoms with Gasteiger partial charge in [0.2, 0.25) is 0 Å². The smallest absolute Gasteiger partial charge is 0.326 e. The lowest BCUT2D eigenvalue weighted by molar-refractivity contribution is -0.139. The molecule has 4 nitrogen and oxygen atoms in total. The molecule has 5 heteroatoms. The molecule has 4 aromatic carbocycles. The molecule has 0 saturated carbocycles. The number of benzene rings is 4. The minimum Gasteiger partial charge on any atom is -0.480 e. The lowest BCUT2D eigenvalue weighted by Crippen LogP contribution is -2.42. The van der Waals surface area contributed by atoms with Crippen molar-refractivity contribution in [2.24, 2.45) is 0 Å². The first-order valence-corrected chi connectivity index (χ1v) is 9.22. The lowest BCUT2D eigenvalue weighted by Gasteiger charge is -2.18. The van der Waals surface area contributed by atoms with Crippen molar-refractivity contribution < 1.29 is 19.1 Å². The molecule has 0 radical (unpaired) electrons. The van der Waals surface area contributed by atoms with Crippen molar-refractivity contribution in [1.29, 1.82) is 0 Å². The van der Waals surface area contributed by atoms with Gasteiger partial charge in [-0.25, -0.2) is 9.18 Å². The molecule has 0 fully saturated rings. The minimum absolute atomic E-state index is 0.0807. The Morgan fingerprint density at radius 2 is 1.41 bits per heavy atom. The van der Waals surface area contributed by atoms with Gasteiger partial charge < -0.3 is 10.4 Å². The molecule has 29 heavy (non-hydrogen) atoms. The molecule has 4 aromatic rings. The summed E-state index contributed by atoms with van der Waals surface area (Å²) in [6.45, 7) is 0. The number of carbonyl (C=O) groups excluding carboxylic acids is 1. The van der Waals surface area contributed by atoms with Gasteiger partial charge in [0, 0.05) is 6.42 Å². The van der Waals surface area contributed by atoms with Crippen LogP contribution < -0.4 is 5.32 Å². The Kier molecular flexibility index (Phi) is 4.96. The lowest BCUT2D eigenvalue weighted by atomic mass is 9.92. The summed E-state index contributed by atoms with van der Waals surface area (Å²) in [5.74, 6) is -2.61. The van der Waals surface area contributed by atoms with Crippen molar-refractivity contribution >= 4 is 33.4 Å². The SMILES string of the molecule is O=C(N[C@H](Cc1c2ccccc2cc2ccccc12)C(=O)O)c1ccccc1F. The predicted molar refractivity (Wildman–Crippen MR) is 110 cm³/mol. The van der Waals surface area contributed by atoms with Crippen LogP contribution >= 0.6 is 0 Å². The van der Waals surface area contributed by atoms with Crippen LogP contribution in [0, 0.1) is 5.82 Å². The van der Waals surface area contributed by atoms with E-state index in [1.807, 2.05) is 48.5 Å². The minimum atomic E-state index is -1.20. The van der Waals surface area contributed by atoms with Crippen molar-refractivity contribution in [3.05, 3.63) is 95.8 Å². The zero-order valence-electron chi connectivity index (χ0n) is 15.4. The quantitative estimate of drug-likeness (QED) is 0.494. The van der Waals surface area contributed by atoms with E-state index in [9.17, 15) is 19.1 Å². The second-order valence-electron chi connectivity index (χ2n) is 6.85. The number of rotatable bonds is 5. The molecular weight excluding hydrogens is 369 g/mol. The van der Waals surface area contributed by atoms with Gasteiger partial charge >= 0.3 is 5.97 Å². The Balaban J connectivity index is 1.75. The fraction of sp³-hybridized carbons (Fsp3) is 0.0833. The fourth-order valence-electron chi connectivity index (χ4n) is 3.61. The second kappa shape index (κ2) is 7.72. The third-order valence-electron chi connectivity index (χ3n) is 5.01. The van der Waals surface area contributed by atoms with E-state index in [-0.39, 0.29) is 12.0 Å². The van der Waals surface area contributed by atoms with Gasteiger partial charge in [0.05, 0.1) is 5.56 Å². The van der Waals surface area contributed by atoms with Crippen molar-refractivity contribution in [3.63, 3.8) is 0 Å². The van der Waals surface area contributed by atoms with Gasteiger partial charge in [0.1, 0.15) is 11.9 Å². The van der Waals surface area contributed by atoms with E-state index in [1.165, 1.54) is 24.3 Å². The first-order valence-electron chi connectivity index (χ1n) is 9.22. The van der Waals surface area contributed by atoms with Gasteiger partial charge in [-0.3, -0.25) is 4.79 Å². The Labute approximate surface area is 166 Å². The molecule has 0 bridgehead atoms. The summed E-state index contributed by atoms with van der Waals surface area (Å²) in [4.78, 5) is 24.4. The normalized spacial score (nSPS) is 12.0. The number of carboxylic acids is 1. The summed E-state index contributed by atoms with van der Waals surface area (Å²) < 4.78 is 13.9. The van der Waals surface area contributed by atoms with Gasteiger partial charge in [-0.1, -0.05) is 60.7 Å². The van der Waals surface area contributed by atoms with Gasteiger partial charge in [-0.2, -0.15) is 0 Å². The molecule has 1 amide bonds. The Bertz CT molecular complexity index is 1180. The number of carbonyl (C=O) groups is 2. The van der Waals surface area contributed by atoms with Crippen LogP contribution in [0.5, 0.6) is 0 Å². The number of halogens is 1. The summed E-state index contributed by atoms with van der Waals surface area (Å²) in [5.41, 5.74) is 0.654. The fourth-order valence-corrected chi connectivity index (χ4v) is 3.61. The Hall–Kier alpha value is -3.73. The van der Waals surface area contributed by atoms with Gasteiger partial charge in [-0.05, 0) is 45.3 Å². The van der Waals surface area contributed by atoms with Crippen molar-refractivity contribution in [2.45, 2.75) is 12.5 Å². The van der Waals surface area contributed by atoms with Crippen molar-refractivity contribution in [2.75, 3.05) is 0 Å². The second-order valence-corrected chi connectivity index (χ2v) is 6.85. The number of nitrogens with one attached hydrogen (secondary N) is 1. The summed E-state index contributed by atoms with van der Waals surface area (Å²) >= 11 is 0. The molecule has 0 aliphatic heterocycles. The highest BCUT2D eigenvalue weighted by atomic mass is 19.1. The molecule has 0 unspecified atom stereocenters. The number of aliphatic carboxylic acids is 1. The van der Waals surface area contributed by atoms with E-state index in [0.717, 1.165) is 27.1 Å². The molecule has 0 spiro atoms. The topological polar surface area (TPSA) is 66.4 Å². The van der Waals surface area contributed by atoms with Crippen LogP contribution in [0.15, 0.2) is 78.9 Å². The van der Waals surface area contributed by atoms with Crippen molar-refractivity contribution in [1.82, 2.24) is 5.32 Å². The maximum atomic E-state index is 13.9. The molecule has 1 atom stereocenters. The molecule has 2 N–H and O–H groups in total. The third kappa shape index (κ3) is 3.67. The highest BCUT2D eigenvalue weighted by Gasteiger charge is 2.24. The van der Waals surface area contributed by atoms with Crippen LogP contribution in [0.3, 0.4) is 0 Å². The van der Waals surface area contributed by atoms with Crippen LogP contribution in [0.25, 0.3) is 21.5 Å². The maximum Gasteiger partial charge on any atom is 0.326 e. The average molecular weight is 387 g/mol. The monoisotopic (exact) mass is 387 g/mol. The van der Waals surface area contributed by atoms with Gasteiger partial charge in [-0.15, -0.1) is 0 Å². The highest BCUT2D eigenvalue weighted by molar-refractivity contribution is 6.03. The number of fused-ring (bicyclic) bond motifs is 2. The van der Waals surface area contributed by atoms with E-state index in [2.05, 4.69) is 11.4 Å². The molecule has 0 aromatic heterocycles. The average Bonchev–Trinajstić information content (AvgIpc) is 2.73. The maximum absolute atomic E-state index is 13.9. The predicted octanol–water partition coefficient (Wildman–Crippen LogP) is 4.56. The van der Waals surface area contributed by atoms with Crippen LogP contribution in [-0.4, -0.2) is 23.0 Å². The summed E-state index contributed by atoms with van der Waals surface area (Å²) in [7, 11) is 0. The molecular formula is C24H18FNO3. The number of hydrogen-bond acceptors (Lipinski definition) is 2. The largest absolute Gasteiger partial charge is 0.480 e. The third-order valence-corrected chi connectivity index (χ3v) is 5.01. The van der Waals surface area contributed by atoms with Crippen molar-refractivity contribution in [3.8, 4) is 0 Å². The molecule has 0 aliphatic carbocycles. The van der Waals surface area contributed by atoms with E-state index in [0.29, 0.717) is 0 Å². The summed E-state index contributed by atoms with van der Waals surface area (Å²) in [6, 6.07) is 21.8. The number of amides is 1. The van der Waals surface area contributed by atoms with E-state index in [1.54, 1.807) is 0 Å². The molecule has 0 saturated heterocycles. The Morgan fingerprint density at radius 1 is 0.862 bits per heavy atom. The first-order chi connectivity index (χ1) is 14.0. The number of hydrogen-bond donors (Lipinski definition) is 2. The highest BCUT2D eigenvalue weighted by Crippen LogP contribution is 2.29. The van der Waals surface area contributed by atoms with E-state index in [4.69, 9.17) is 0 Å². The zero-order chi connectivity index (χ0) is 20.4. The van der Waals surface area contributed by atoms with E-state index < -0.39 is 23.7 Å². The first kappa shape index (κ1) is 18.6. The standard InChI is InChI=1S/C24H18FNO3/c25-21-12-6-5-11-19(21)23(27)26-22(24(28)29)14-20-17-9-3-1-7-15(17)13-16-8-2-4-10-18(16)20/h1-13,22H,14H2,(H,26,27)(H,28,29)/t22-/m1/s1. The molecule has 0 aliphatic rings. The van der Waals surface area contributed by atoms with Gasteiger partial charge in [0.15, 0.2) is 0 Å². The van der Waals surface area contributed by atoms with Crippen LogP contribution in [-0.2, 0) is 11.2 Å². The summed E-state index contributed by atoms with van der Waals surface area (Å²) in [6.07, 6.45) is 0.0807. The molecule has 4 rings (SSSR count).